The summed E-state index contributed by atoms with van der Waals surface area (Å²) in [6.45, 7) is 3.32. The molecule has 108 valence electrons. The number of ether oxygens (including phenoxy) is 1. The molecule has 7 heteroatoms. The van der Waals surface area contributed by atoms with Crippen LogP contribution in [-0.2, 0) is 9.53 Å². The fraction of sp³-hybridized carbons (Fsp3) is 0.385. The van der Waals surface area contributed by atoms with Crippen LogP contribution in [0.15, 0.2) is 22.7 Å². The van der Waals surface area contributed by atoms with Crippen molar-refractivity contribution >= 4 is 33.5 Å². The molecule has 1 aliphatic heterocycles. The van der Waals surface area contributed by atoms with E-state index in [4.69, 9.17) is 9.84 Å². The van der Waals surface area contributed by atoms with E-state index in [9.17, 15) is 9.59 Å². The van der Waals surface area contributed by atoms with Gasteiger partial charge in [0.2, 0.25) is 5.91 Å². The molecule has 1 aromatic carbocycles. The Balaban J connectivity index is 1.94. The van der Waals surface area contributed by atoms with E-state index >= 15 is 0 Å². The summed E-state index contributed by atoms with van der Waals surface area (Å²) in [6.07, 6.45) is 0. The van der Waals surface area contributed by atoms with Crippen molar-refractivity contribution in [2.45, 2.75) is 12.5 Å². The van der Waals surface area contributed by atoms with E-state index in [2.05, 4.69) is 26.6 Å². The maximum atomic E-state index is 11.7. The number of carboxylic acid groups (broad SMARTS) is 1. The van der Waals surface area contributed by atoms with Crippen molar-refractivity contribution in [2.24, 2.45) is 0 Å². The topological polar surface area (TPSA) is 87.7 Å². The lowest BCUT2D eigenvalue weighted by molar-refractivity contribution is -0.130. The largest absolute Gasteiger partial charge is 0.478 e. The van der Waals surface area contributed by atoms with Crippen LogP contribution in [0.3, 0.4) is 0 Å². The van der Waals surface area contributed by atoms with Gasteiger partial charge in [-0.2, -0.15) is 0 Å². The molecule has 0 aliphatic carbocycles. The summed E-state index contributed by atoms with van der Waals surface area (Å²) in [5, 5.41) is 14.7. The lowest BCUT2D eigenvalue weighted by Gasteiger charge is -2.38. The molecule has 0 unspecified atom stereocenters. The van der Waals surface area contributed by atoms with Crippen LogP contribution in [0.1, 0.15) is 17.3 Å². The second kappa shape index (κ2) is 5.90. The molecule has 0 bridgehead atoms. The molecule has 1 heterocycles. The molecule has 0 radical (unpaired) electrons. The van der Waals surface area contributed by atoms with Crippen LogP contribution in [0.4, 0.5) is 5.69 Å². The Morgan fingerprint density at radius 1 is 1.50 bits per heavy atom. The van der Waals surface area contributed by atoms with Gasteiger partial charge in [0, 0.05) is 23.2 Å². The first-order chi connectivity index (χ1) is 9.39. The van der Waals surface area contributed by atoms with Crippen LogP contribution in [0.5, 0.6) is 0 Å². The van der Waals surface area contributed by atoms with Gasteiger partial charge < -0.3 is 20.5 Å². The number of halogens is 1. The van der Waals surface area contributed by atoms with Crippen LogP contribution >= 0.6 is 15.9 Å². The molecule has 0 spiro atoms. The Bertz CT molecular complexity index is 543. The summed E-state index contributed by atoms with van der Waals surface area (Å²) in [7, 11) is 0. The third-order valence-electron chi connectivity index (χ3n) is 3.03. The van der Waals surface area contributed by atoms with Gasteiger partial charge in [0.05, 0.1) is 11.2 Å². The Labute approximate surface area is 124 Å². The van der Waals surface area contributed by atoms with E-state index in [1.54, 1.807) is 12.1 Å². The highest BCUT2D eigenvalue weighted by atomic mass is 79.9. The number of hydrogen-bond donors (Lipinski definition) is 3. The molecule has 6 nitrogen and oxygen atoms in total. The highest BCUT2D eigenvalue weighted by Gasteiger charge is 2.33. The molecule has 0 aromatic heterocycles. The first-order valence-electron chi connectivity index (χ1n) is 6.07. The van der Waals surface area contributed by atoms with Crippen molar-refractivity contribution in [2.75, 3.05) is 25.0 Å². The van der Waals surface area contributed by atoms with Crippen molar-refractivity contribution in [3.63, 3.8) is 0 Å². The van der Waals surface area contributed by atoms with Gasteiger partial charge in [-0.25, -0.2) is 4.79 Å². The smallest absolute Gasteiger partial charge is 0.336 e. The number of amides is 1. The number of rotatable bonds is 5. The Kier molecular flexibility index (Phi) is 4.42. The molecule has 0 atom stereocenters. The summed E-state index contributed by atoms with van der Waals surface area (Å²) in [4.78, 5) is 22.7. The highest BCUT2D eigenvalue weighted by molar-refractivity contribution is 9.10. The molecule has 1 aromatic rings. The van der Waals surface area contributed by atoms with Crippen LogP contribution in [0.2, 0.25) is 0 Å². The predicted molar refractivity (Wildman–Crippen MR) is 77.0 cm³/mol. The first kappa shape index (κ1) is 15.0. The normalized spacial score (nSPS) is 16.3. The van der Waals surface area contributed by atoms with E-state index in [0.29, 0.717) is 10.2 Å². The van der Waals surface area contributed by atoms with Crippen molar-refractivity contribution in [1.82, 2.24) is 5.32 Å². The average molecular weight is 343 g/mol. The number of carbonyl (C=O) groups excluding carboxylic acids is 1. The summed E-state index contributed by atoms with van der Waals surface area (Å²) in [6, 6.07) is 4.61. The molecule has 3 N–H and O–H groups in total. The minimum Gasteiger partial charge on any atom is -0.478 e. The molecule has 0 saturated carbocycles. The second-order valence-electron chi connectivity index (χ2n) is 4.89. The number of aromatic carboxylic acids is 1. The monoisotopic (exact) mass is 342 g/mol. The fourth-order valence-electron chi connectivity index (χ4n) is 1.78. The zero-order chi connectivity index (χ0) is 14.8. The highest BCUT2D eigenvalue weighted by Crippen LogP contribution is 2.21. The molecular formula is C13H15BrN2O4. The average Bonchev–Trinajstić information content (AvgIpc) is 2.36. The zero-order valence-electron chi connectivity index (χ0n) is 10.9. The molecule has 1 saturated heterocycles. The standard InChI is InChI=1S/C13H15BrN2O4/c1-13(6-15-7-13)20-5-11(17)16-8-2-3-10(14)9(4-8)12(18)19/h2-4,15H,5-7H2,1H3,(H,16,17)(H,18,19). The number of carbonyl (C=O) groups is 2. The lowest BCUT2D eigenvalue weighted by Crippen LogP contribution is -2.59. The lowest BCUT2D eigenvalue weighted by atomic mass is 10.0. The molecule has 1 aliphatic rings. The van der Waals surface area contributed by atoms with Gasteiger partial charge in [0.1, 0.15) is 6.61 Å². The van der Waals surface area contributed by atoms with Gasteiger partial charge in [0.15, 0.2) is 0 Å². The molecule has 2 rings (SSSR count). The summed E-state index contributed by atoms with van der Waals surface area (Å²) < 4.78 is 5.97. The van der Waals surface area contributed by atoms with Gasteiger partial charge in [-0.1, -0.05) is 0 Å². The van der Waals surface area contributed by atoms with E-state index in [1.165, 1.54) is 6.07 Å². The molecule has 1 fully saturated rings. The Morgan fingerprint density at radius 2 is 2.20 bits per heavy atom. The maximum absolute atomic E-state index is 11.7. The Morgan fingerprint density at radius 3 is 2.75 bits per heavy atom. The van der Waals surface area contributed by atoms with Crippen LogP contribution in [0.25, 0.3) is 0 Å². The van der Waals surface area contributed by atoms with Gasteiger partial charge in [-0.05, 0) is 41.1 Å². The third kappa shape index (κ3) is 3.56. The van der Waals surface area contributed by atoms with E-state index in [1.807, 2.05) is 6.92 Å². The second-order valence-corrected chi connectivity index (χ2v) is 5.74. The van der Waals surface area contributed by atoms with E-state index < -0.39 is 5.97 Å². The number of carboxylic acids is 1. The van der Waals surface area contributed by atoms with Crippen LogP contribution in [0, 0.1) is 0 Å². The number of benzene rings is 1. The minimum atomic E-state index is -1.06. The van der Waals surface area contributed by atoms with Gasteiger partial charge in [-0.15, -0.1) is 0 Å². The van der Waals surface area contributed by atoms with E-state index in [0.717, 1.165) is 13.1 Å². The number of nitrogens with one attached hydrogen (secondary N) is 2. The first-order valence-corrected chi connectivity index (χ1v) is 6.86. The van der Waals surface area contributed by atoms with Crippen LogP contribution < -0.4 is 10.6 Å². The van der Waals surface area contributed by atoms with E-state index in [-0.39, 0.29) is 23.7 Å². The molecule has 1 amide bonds. The van der Waals surface area contributed by atoms with Crippen molar-refractivity contribution in [3.05, 3.63) is 28.2 Å². The predicted octanol–water partition coefficient (Wildman–Crippen LogP) is 1.46. The van der Waals surface area contributed by atoms with Gasteiger partial charge in [-0.3, -0.25) is 4.79 Å². The zero-order valence-corrected chi connectivity index (χ0v) is 12.5. The van der Waals surface area contributed by atoms with Crippen LogP contribution in [-0.4, -0.2) is 42.3 Å². The van der Waals surface area contributed by atoms with Gasteiger partial charge in [0.25, 0.3) is 0 Å². The maximum Gasteiger partial charge on any atom is 0.336 e. The Hall–Kier alpha value is -1.44. The number of hydrogen-bond acceptors (Lipinski definition) is 4. The summed E-state index contributed by atoms with van der Waals surface area (Å²) >= 11 is 3.15. The fourth-order valence-corrected chi connectivity index (χ4v) is 2.20. The van der Waals surface area contributed by atoms with Crippen molar-refractivity contribution < 1.29 is 19.4 Å². The van der Waals surface area contributed by atoms with Crippen molar-refractivity contribution in [3.8, 4) is 0 Å². The summed E-state index contributed by atoms with van der Waals surface area (Å²) in [5.41, 5.74) is 0.235. The van der Waals surface area contributed by atoms with Gasteiger partial charge >= 0.3 is 5.97 Å². The minimum absolute atomic E-state index is 0.0589. The summed E-state index contributed by atoms with van der Waals surface area (Å²) in [5.74, 6) is -1.37. The molecular weight excluding hydrogens is 328 g/mol. The third-order valence-corrected chi connectivity index (χ3v) is 3.72. The number of anilines is 1. The quantitative estimate of drug-likeness (QED) is 0.754. The SMILES string of the molecule is CC1(OCC(=O)Nc2ccc(Br)c(C(=O)O)c2)CNC1. The molecule has 20 heavy (non-hydrogen) atoms. The van der Waals surface area contributed by atoms with Crippen molar-refractivity contribution in [1.29, 1.82) is 0 Å².